The van der Waals surface area contributed by atoms with E-state index in [0.717, 1.165) is 64.2 Å². The number of aliphatic imine (C=N–C) groups is 1. The molecule has 23 heavy (non-hydrogen) atoms. The predicted molar refractivity (Wildman–Crippen MR) is 94.9 cm³/mol. The summed E-state index contributed by atoms with van der Waals surface area (Å²) in [4.78, 5) is 10.0. The minimum atomic E-state index is 0.736. The molecule has 3 aliphatic rings. The number of likely N-dealkylation sites (tertiary alicyclic amines) is 2. The molecule has 0 aliphatic carbocycles. The van der Waals surface area contributed by atoms with Crippen LogP contribution in [0, 0.1) is 0 Å². The molecule has 1 unspecified atom stereocenters. The molecule has 3 heterocycles. The number of rotatable bonds is 5. The molecular weight excluding hydrogens is 288 g/mol. The molecule has 0 aromatic carbocycles. The lowest BCUT2D eigenvalue weighted by molar-refractivity contribution is 0.153. The van der Waals surface area contributed by atoms with Crippen molar-refractivity contribution in [2.75, 3.05) is 52.5 Å². The van der Waals surface area contributed by atoms with Crippen LogP contribution in [-0.2, 0) is 4.74 Å². The van der Waals surface area contributed by atoms with E-state index in [1.54, 1.807) is 0 Å². The Bertz CT molecular complexity index is 429. The minimum absolute atomic E-state index is 0.736. The third kappa shape index (κ3) is 4.70. The maximum Gasteiger partial charge on any atom is 0.193 e. The van der Waals surface area contributed by atoms with E-state index in [0.29, 0.717) is 0 Å². The van der Waals surface area contributed by atoms with Gasteiger partial charge >= 0.3 is 0 Å². The Labute approximate surface area is 140 Å². The van der Waals surface area contributed by atoms with Crippen molar-refractivity contribution >= 4 is 5.96 Å². The van der Waals surface area contributed by atoms with E-state index >= 15 is 0 Å². The summed E-state index contributed by atoms with van der Waals surface area (Å²) >= 11 is 0. The van der Waals surface area contributed by atoms with Crippen LogP contribution in [0.15, 0.2) is 16.6 Å². The topological polar surface area (TPSA) is 40.1 Å². The summed E-state index contributed by atoms with van der Waals surface area (Å²) in [6, 6.07) is 0.736. The first-order valence-electron chi connectivity index (χ1n) is 9.40. The zero-order chi connectivity index (χ0) is 15.9. The zero-order valence-corrected chi connectivity index (χ0v) is 14.6. The molecule has 5 nitrogen and oxygen atoms in total. The van der Waals surface area contributed by atoms with E-state index < -0.39 is 0 Å². The molecule has 3 rings (SSSR count). The van der Waals surface area contributed by atoms with Crippen molar-refractivity contribution in [2.24, 2.45) is 4.99 Å². The Morgan fingerprint density at radius 3 is 2.96 bits per heavy atom. The fourth-order valence-electron chi connectivity index (χ4n) is 3.86. The molecular formula is C18H32N4O. The van der Waals surface area contributed by atoms with Gasteiger partial charge in [-0.05, 0) is 52.1 Å². The molecule has 1 N–H and O–H groups in total. The van der Waals surface area contributed by atoms with Crippen LogP contribution in [0.2, 0.25) is 0 Å². The van der Waals surface area contributed by atoms with Gasteiger partial charge in [-0.25, -0.2) is 0 Å². The normalized spacial score (nSPS) is 26.7. The number of hydrogen-bond acceptors (Lipinski definition) is 3. The molecule has 3 aliphatic heterocycles. The summed E-state index contributed by atoms with van der Waals surface area (Å²) in [6.07, 6.45) is 8.42. The summed E-state index contributed by atoms with van der Waals surface area (Å²) in [6.45, 7) is 10.5. The van der Waals surface area contributed by atoms with Gasteiger partial charge in [0.1, 0.15) is 0 Å². The van der Waals surface area contributed by atoms with E-state index in [4.69, 9.17) is 9.73 Å². The molecule has 0 radical (unpaired) electrons. The van der Waals surface area contributed by atoms with Crippen molar-refractivity contribution in [1.82, 2.24) is 15.1 Å². The average molecular weight is 320 g/mol. The van der Waals surface area contributed by atoms with Crippen LogP contribution >= 0.6 is 0 Å². The van der Waals surface area contributed by atoms with E-state index in [9.17, 15) is 0 Å². The molecule has 5 heteroatoms. The van der Waals surface area contributed by atoms with Crippen molar-refractivity contribution in [2.45, 2.75) is 45.1 Å². The van der Waals surface area contributed by atoms with Crippen molar-refractivity contribution in [3.63, 3.8) is 0 Å². The monoisotopic (exact) mass is 320 g/mol. The highest BCUT2D eigenvalue weighted by Gasteiger charge is 2.30. The van der Waals surface area contributed by atoms with Crippen LogP contribution in [0.4, 0.5) is 0 Å². The lowest BCUT2D eigenvalue weighted by Gasteiger charge is -2.25. The van der Waals surface area contributed by atoms with Gasteiger partial charge in [0.05, 0.1) is 13.2 Å². The molecule has 0 bridgehead atoms. The fourth-order valence-corrected chi connectivity index (χ4v) is 3.86. The molecule has 2 fully saturated rings. The van der Waals surface area contributed by atoms with Gasteiger partial charge in [0.25, 0.3) is 0 Å². The second kappa shape index (κ2) is 8.69. The molecule has 0 spiro atoms. The Hall–Kier alpha value is -1.07. The average Bonchev–Trinajstić information content (AvgIpc) is 3.26. The smallest absolute Gasteiger partial charge is 0.193 e. The number of guanidine groups is 1. The van der Waals surface area contributed by atoms with E-state index in [1.807, 2.05) is 0 Å². The SMILES string of the molecule is CCNC(=NCCC1=CCOCC1)N1CCC(N2CCCC2)C1. The maximum absolute atomic E-state index is 5.37. The molecule has 0 aromatic rings. The van der Waals surface area contributed by atoms with Crippen LogP contribution < -0.4 is 5.32 Å². The van der Waals surface area contributed by atoms with E-state index in [-0.39, 0.29) is 0 Å². The number of nitrogens with zero attached hydrogens (tertiary/aromatic N) is 3. The highest BCUT2D eigenvalue weighted by atomic mass is 16.5. The van der Waals surface area contributed by atoms with Crippen LogP contribution in [0.5, 0.6) is 0 Å². The molecule has 130 valence electrons. The maximum atomic E-state index is 5.37. The Morgan fingerprint density at radius 1 is 1.35 bits per heavy atom. The van der Waals surface area contributed by atoms with Gasteiger partial charge in [-0.3, -0.25) is 9.89 Å². The highest BCUT2D eigenvalue weighted by molar-refractivity contribution is 5.80. The van der Waals surface area contributed by atoms with Crippen molar-refractivity contribution < 1.29 is 4.74 Å². The van der Waals surface area contributed by atoms with E-state index in [1.165, 1.54) is 37.9 Å². The number of ether oxygens (including phenoxy) is 1. The first kappa shape index (κ1) is 16.8. The Balaban J connectivity index is 1.51. The highest BCUT2D eigenvalue weighted by Crippen LogP contribution is 2.20. The molecule has 0 saturated carbocycles. The standard InChI is InChI=1S/C18H32N4O/c1-2-19-18(20-9-5-16-7-13-23-14-8-16)22-12-6-17(15-22)21-10-3-4-11-21/h7,17H,2-6,8-15H2,1H3,(H,19,20). The van der Waals surface area contributed by atoms with E-state index in [2.05, 4.69) is 28.1 Å². The number of nitrogens with one attached hydrogen (secondary N) is 1. The molecule has 1 atom stereocenters. The van der Waals surface area contributed by atoms with Crippen LogP contribution in [0.1, 0.15) is 39.0 Å². The first-order chi connectivity index (χ1) is 11.4. The third-order valence-electron chi connectivity index (χ3n) is 5.21. The van der Waals surface area contributed by atoms with Gasteiger partial charge in [0.15, 0.2) is 5.96 Å². The van der Waals surface area contributed by atoms with Gasteiger partial charge in [-0.2, -0.15) is 0 Å². The lowest BCUT2D eigenvalue weighted by atomic mass is 10.1. The quantitative estimate of drug-likeness (QED) is 0.477. The van der Waals surface area contributed by atoms with Gasteiger partial charge < -0.3 is 15.0 Å². The Kier molecular flexibility index (Phi) is 6.34. The van der Waals surface area contributed by atoms with Gasteiger partial charge in [-0.1, -0.05) is 11.6 Å². The summed E-state index contributed by atoms with van der Waals surface area (Å²) in [5.41, 5.74) is 1.51. The minimum Gasteiger partial charge on any atom is -0.377 e. The zero-order valence-electron chi connectivity index (χ0n) is 14.6. The van der Waals surface area contributed by atoms with Crippen LogP contribution in [0.3, 0.4) is 0 Å². The molecule has 0 aromatic heterocycles. The fraction of sp³-hybridized carbons (Fsp3) is 0.833. The largest absolute Gasteiger partial charge is 0.377 e. The molecule has 0 amide bonds. The van der Waals surface area contributed by atoms with Crippen molar-refractivity contribution in [3.05, 3.63) is 11.6 Å². The van der Waals surface area contributed by atoms with Gasteiger partial charge in [0.2, 0.25) is 0 Å². The third-order valence-corrected chi connectivity index (χ3v) is 5.21. The summed E-state index contributed by atoms with van der Waals surface area (Å²) < 4.78 is 5.37. The second-order valence-corrected chi connectivity index (χ2v) is 6.80. The second-order valence-electron chi connectivity index (χ2n) is 6.80. The molecule has 2 saturated heterocycles. The Morgan fingerprint density at radius 2 is 2.22 bits per heavy atom. The lowest BCUT2D eigenvalue weighted by Crippen LogP contribution is -2.42. The van der Waals surface area contributed by atoms with Gasteiger partial charge in [0, 0.05) is 32.2 Å². The summed E-state index contributed by atoms with van der Waals surface area (Å²) in [7, 11) is 0. The van der Waals surface area contributed by atoms with Crippen LogP contribution in [-0.4, -0.2) is 74.3 Å². The van der Waals surface area contributed by atoms with Gasteiger partial charge in [-0.15, -0.1) is 0 Å². The summed E-state index contributed by atoms with van der Waals surface area (Å²) in [5.74, 6) is 1.11. The van der Waals surface area contributed by atoms with Crippen LogP contribution in [0.25, 0.3) is 0 Å². The summed E-state index contributed by atoms with van der Waals surface area (Å²) in [5, 5.41) is 3.49. The van der Waals surface area contributed by atoms with Crippen molar-refractivity contribution in [3.8, 4) is 0 Å². The first-order valence-corrected chi connectivity index (χ1v) is 9.40. The number of hydrogen-bond donors (Lipinski definition) is 1. The predicted octanol–water partition coefficient (Wildman–Crippen LogP) is 1.86. The van der Waals surface area contributed by atoms with Crippen molar-refractivity contribution in [1.29, 1.82) is 0 Å².